The van der Waals surface area contributed by atoms with Gasteiger partial charge in [0, 0.05) is 0 Å². The molecular formula is C9H18O7. The summed E-state index contributed by atoms with van der Waals surface area (Å²) in [5, 5.41) is 16.7. The maximum atomic E-state index is 10.9. The van der Waals surface area contributed by atoms with E-state index in [1.165, 1.54) is 0 Å². The second kappa shape index (κ2) is 12.2. The molecule has 0 unspecified atom stereocenters. The standard InChI is InChI=1S/C9H18O7/c10-1-3-13-5-7-15-9(12)16-8-6-14-4-2-11/h10-11H,1-8H2. The lowest BCUT2D eigenvalue weighted by molar-refractivity contribution is 0.00366. The molecule has 0 aliphatic heterocycles. The molecule has 0 atom stereocenters. The zero-order valence-corrected chi connectivity index (χ0v) is 9.09. The Balaban J connectivity index is 3.12. The monoisotopic (exact) mass is 238 g/mol. The summed E-state index contributed by atoms with van der Waals surface area (Å²) in [6.07, 6.45) is -0.791. The first kappa shape index (κ1) is 15.1. The quantitative estimate of drug-likeness (QED) is 0.378. The topological polar surface area (TPSA) is 94.5 Å². The van der Waals surface area contributed by atoms with Crippen molar-refractivity contribution in [2.75, 3.05) is 52.9 Å². The molecule has 0 heterocycles. The summed E-state index contributed by atoms with van der Waals surface area (Å²) in [4.78, 5) is 10.9. The van der Waals surface area contributed by atoms with Gasteiger partial charge >= 0.3 is 6.16 Å². The number of ether oxygens (including phenoxy) is 4. The summed E-state index contributed by atoms with van der Waals surface area (Å²) in [5.41, 5.74) is 0. The van der Waals surface area contributed by atoms with Gasteiger partial charge in [0.25, 0.3) is 0 Å². The number of aliphatic hydroxyl groups is 2. The molecule has 0 saturated heterocycles. The summed E-state index contributed by atoms with van der Waals surface area (Å²) in [7, 11) is 0. The van der Waals surface area contributed by atoms with Crippen LogP contribution in [0, 0.1) is 0 Å². The van der Waals surface area contributed by atoms with Crippen molar-refractivity contribution >= 4 is 6.16 Å². The highest BCUT2D eigenvalue weighted by atomic mass is 16.7. The molecule has 0 spiro atoms. The molecular weight excluding hydrogens is 220 g/mol. The second-order valence-corrected chi connectivity index (χ2v) is 2.62. The Bertz CT molecular complexity index is 146. The molecule has 0 radical (unpaired) electrons. The van der Waals surface area contributed by atoms with Gasteiger partial charge in [0.05, 0.1) is 39.6 Å². The maximum Gasteiger partial charge on any atom is 0.508 e. The zero-order valence-electron chi connectivity index (χ0n) is 9.09. The molecule has 0 aromatic heterocycles. The predicted molar refractivity (Wildman–Crippen MR) is 53.1 cm³/mol. The van der Waals surface area contributed by atoms with Gasteiger partial charge in [-0.25, -0.2) is 4.79 Å². The molecule has 0 bridgehead atoms. The number of rotatable bonds is 10. The molecule has 0 aromatic rings. The number of carbonyl (C=O) groups is 1. The van der Waals surface area contributed by atoms with Gasteiger partial charge in [0.1, 0.15) is 13.2 Å². The van der Waals surface area contributed by atoms with E-state index in [9.17, 15) is 4.79 Å². The Labute approximate surface area is 93.9 Å². The molecule has 96 valence electrons. The lowest BCUT2D eigenvalue weighted by atomic mass is 10.7. The van der Waals surface area contributed by atoms with E-state index in [0.717, 1.165) is 0 Å². The minimum Gasteiger partial charge on any atom is -0.432 e. The first-order valence-electron chi connectivity index (χ1n) is 4.98. The van der Waals surface area contributed by atoms with Crippen molar-refractivity contribution in [3.8, 4) is 0 Å². The third-order valence-electron chi connectivity index (χ3n) is 1.37. The van der Waals surface area contributed by atoms with Crippen molar-refractivity contribution in [2.24, 2.45) is 0 Å². The Hall–Kier alpha value is -0.890. The van der Waals surface area contributed by atoms with Crippen molar-refractivity contribution in [3.63, 3.8) is 0 Å². The molecule has 7 nitrogen and oxygen atoms in total. The predicted octanol–water partition coefficient (Wildman–Crippen LogP) is -0.843. The Kier molecular flexibility index (Phi) is 11.5. The Morgan fingerprint density at radius 2 is 1.19 bits per heavy atom. The molecule has 0 aliphatic rings. The van der Waals surface area contributed by atoms with E-state index in [1.807, 2.05) is 0 Å². The number of hydrogen-bond acceptors (Lipinski definition) is 7. The normalized spacial score (nSPS) is 10.1. The number of aliphatic hydroxyl groups excluding tert-OH is 2. The van der Waals surface area contributed by atoms with Crippen LogP contribution in [0.3, 0.4) is 0 Å². The smallest absolute Gasteiger partial charge is 0.432 e. The van der Waals surface area contributed by atoms with Crippen LogP contribution in [0.1, 0.15) is 0 Å². The lowest BCUT2D eigenvalue weighted by Gasteiger charge is -2.06. The van der Waals surface area contributed by atoms with Crippen LogP contribution in [0.5, 0.6) is 0 Å². The summed E-state index contributed by atoms with van der Waals surface area (Å²) in [6.45, 7) is 0.903. The number of hydrogen-bond donors (Lipinski definition) is 2. The largest absolute Gasteiger partial charge is 0.508 e. The van der Waals surface area contributed by atoms with Gasteiger partial charge in [-0.05, 0) is 0 Å². The van der Waals surface area contributed by atoms with E-state index in [2.05, 4.69) is 9.47 Å². The average Bonchev–Trinajstić information content (AvgIpc) is 2.28. The SMILES string of the molecule is O=C(OCCOCCO)OCCOCCO. The van der Waals surface area contributed by atoms with Gasteiger partial charge in [-0.2, -0.15) is 0 Å². The fraction of sp³-hybridized carbons (Fsp3) is 0.889. The van der Waals surface area contributed by atoms with Crippen molar-refractivity contribution < 1.29 is 34.0 Å². The van der Waals surface area contributed by atoms with E-state index in [-0.39, 0.29) is 52.9 Å². The third kappa shape index (κ3) is 11.2. The van der Waals surface area contributed by atoms with E-state index >= 15 is 0 Å². The average molecular weight is 238 g/mol. The van der Waals surface area contributed by atoms with E-state index < -0.39 is 6.16 Å². The first-order chi connectivity index (χ1) is 7.81. The zero-order chi connectivity index (χ0) is 12.1. The summed E-state index contributed by atoms with van der Waals surface area (Å²) >= 11 is 0. The molecule has 0 rings (SSSR count). The Morgan fingerprint density at radius 1 is 0.750 bits per heavy atom. The van der Waals surface area contributed by atoms with E-state index in [0.29, 0.717) is 0 Å². The summed E-state index contributed by atoms with van der Waals surface area (Å²) in [5.74, 6) is 0. The van der Waals surface area contributed by atoms with Crippen LogP contribution in [0.2, 0.25) is 0 Å². The van der Waals surface area contributed by atoms with Gasteiger partial charge < -0.3 is 29.2 Å². The van der Waals surface area contributed by atoms with Crippen LogP contribution in [0.4, 0.5) is 4.79 Å². The van der Waals surface area contributed by atoms with Gasteiger partial charge in [-0.15, -0.1) is 0 Å². The highest BCUT2D eigenvalue weighted by molar-refractivity contribution is 5.59. The van der Waals surface area contributed by atoms with Crippen LogP contribution in [0.25, 0.3) is 0 Å². The van der Waals surface area contributed by atoms with Crippen molar-refractivity contribution in [1.29, 1.82) is 0 Å². The van der Waals surface area contributed by atoms with Crippen LogP contribution in [-0.4, -0.2) is 69.2 Å². The maximum absolute atomic E-state index is 10.9. The van der Waals surface area contributed by atoms with E-state index in [4.69, 9.17) is 19.7 Å². The summed E-state index contributed by atoms with van der Waals surface area (Å²) < 4.78 is 19.0. The fourth-order valence-electron chi connectivity index (χ4n) is 0.743. The fourth-order valence-corrected chi connectivity index (χ4v) is 0.743. The van der Waals surface area contributed by atoms with Gasteiger partial charge in [-0.1, -0.05) is 0 Å². The highest BCUT2D eigenvalue weighted by Crippen LogP contribution is 1.87. The third-order valence-corrected chi connectivity index (χ3v) is 1.37. The number of carbonyl (C=O) groups excluding carboxylic acids is 1. The van der Waals surface area contributed by atoms with E-state index in [1.54, 1.807) is 0 Å². The molecule has 16 heavy (non-hydrogen) atoms. The van der Waals surface area contributed by atoms with Crippen molar-refractivity contribution in [1.82, 2.24) is 0 Å². The van der Waals surface area contributed by atoms with Gasteiger partial charge in [0.15, 0.2) is 0 Å². The highest BCUT2D eigenvalue weighted by Gasteiger charge is 2.02. The summed E-state index contributed by atoms with van der Waals surface area (Å²) in [6, 6.07) is 0. The first-order valence-corrected chi connectivity index (χ1v) is 4.98. The van der Waals surface area contributed by atoms with Crippen LogP contribution in [-0.2, 0) is 18.9 Å². The minimum atomic E-state index is -0.791. The molecule has 0 fully saturated rings. The van der Waals surface area contributed by atoms with Crippen LogP contribution in [0.15, 0.2) is 0 Å². The van der Waals surface area contributed by atoms with Crippen LogP contribution >= 0.6 is 0 Å². The molecule has 0 aliphatic carbocycles. The van der Waals surface area contributed by atoms with Gasteiger partial charge in [-0.3, -0.25) is 0 Å². The van der Waals surface area contributed by atoms with Crippen molar-refractivity contribution in [3.05, 3.63) is 0 Å². The minimum absolute atomic E-state index is 0.0629. The molecule has 7 heteroatoms. The lowest BCUT2D eigenvalue weighted by Crippen LogP contribution is -2.16. The molecule has 2 N–H and O–H groups in total. The van der Waals surface area contributed by atoms with Crippen molar-refractivity contribution in [2.45, 2.75) is 0 Å². The molecule has 0 saturated carbocycles. The second-order valence-electron chi connectivity index (χ2n) is 2.62. The Morgan fingerprint density at radius 3 is 1.56 bits per heavy atom. The molecule has 0 aromatic carbocycles. The molecule has 0 amide bonds. The van der Waals surface area contributed by atoms with Crippen LogP contribution < -0.4 is 0 Å². The van der Waals surface area contributed by atoms with Gasteiger partial charge in [0.2, 0.25) is 0 Å².